The molecule has 3 rings (SSSR count). The molecule has 0 saturated carbocycles. The molecule has 2 N–H and O–H groups in total. The minimum atomic E-state index is -0.373. The molecule has 0 aliphatic heterocycles. The lowest BCUT2D eigenvalue weighted by atomic mass is 10.1. The standard InChI is InChI=1S/C14H9BrFN3O/c15-11-6-5-8(16)7-10(11)14-18-13(19-20-14)9-3-1-2-4-12(9)17/h1-7H,17H2. The average Bonchev–Trinajstić information content (AvgIpc) is 2.91. The molecular formula is C14H9BrFN3O. The number of anilines is 1. The highest BCUT2D eigenvalue weighted by atomic mass is 79.9. The topological polar surface area (TPSA) is 64.9 Å². The number of nitrogens with zero attached hydrogens (tertiary/aromatic N) is 2. The number of aromatic nitrogens is 2. The minimum Gasteiger partial charge on any atom is -0.398 e. The maximum atomic E-state index is 13.3. The molecular weight excluding hydrogens is 325 g/mol. The third kappa shape index (κ3) is 2.30. The van der Waals surface area contributed by atoms with Crippen LogP contribution in [0, 0.1) is 5.82 Å². The van der Waals surface area contributed by atoms with Crippen molar-refractivity contribution >= 4 is 21.6 Å². The Labute approximate surface area is 122 Å². The second-order valence-corrected chi connectivity index (χ2v) is 4.99. The Morgan fingerprint density at radius 2 is 1.90 bits per heavy atom. The lowest BCUT2D eigenvalue weighted by Gasteiger charge is -1.99. The largest absolute Gasteiger partial charge is 0.398 e. The molecule has 0 spiro atoms. The maximum absolute atomic E-state index is 13.3. The van der Waals surface area contributed by atoms with Crippen LogP contribution in [0.2, 0.25) is 0 Å². The second kappa shape index (κ2) is 5.05. The normalized spacial score (nSPS) is 10.7. The Balaban J connectivity index is 2.07. The molecule has 0 atom stereocenters. The van der Waals surface area contributed by atoms with E-state index < -0.39 is 0 Å². The van der Waals surface area contributed by atoms with Gasteiger partial charge in [0.1, 0.15) is 5.82 Å². The molecule has 0 fully saturated rings. The van der Waals surface area contributed by atoms with Crippen LogP contribution in [-0.2, 0) is 0 Å². The summed E-state index contributed by atoms with van der Waals surface area (Å²) in [5, 5.41) is 3.89. The molecule has 0 saturated heterocycles. The van der Waals surface area contributed by atoms with Crippen LogP contribution < -0.4 is 5.73 Å². The molecule has 100 valence electrons. The smallest absolute Gasteiger partial charge is 0.259 e. The van der Waals surface area contributed by atoms with Crippen molar-refractivity contribution in [2.45, 2.75) is 0 Å². The lowest BCUT2D eigenvalue weighted by Crippen LogP contribution is -1.90. The number of nitrogens with two attached hydrogens (primary N) is 1. The molecule has 6 heteroatoms. The summed E-state index contributed by atoms with van der Waals surface area (Å²) in [5.41, 5.74) is 7.59. The summed E-state index contributed by atoms with van der Waals surface area (Å²) in [4.78, 5) is 4.26. The molecule has 20 heavy (non-hydrogen) atoms. The van der Waals surface area contributed by atoms with Crippen molar-refractivity contribution in [1.82, 2.24) is 10.1 Å². The molecule has 3 aromatic rings. The van der Waals surface area contributed by atoms with Gasteiger partial charge in [-0.15, -0.1) is 0 Å². The first kappa shape index (κ1) is 12.8. The van der Waals surface area contributed by atoms with Crippen molar-refractivity contribution in [2.75, 3.05) is 5.73 Å². The molecule has 0 bridgehead atoms. The summed E-state index contributed by atoms with van der Waals surface area (Å²) in [6, 6.07) is 11.5. The Hall–Kier alpha value is -2.21. The second-order valence-electron chi connectivity index (χ2n) is 4.13. The number of benzene rings is 2. The van der Waals surface area contributed by atoms with Gasteiger partial charge in [-0.05, 0) is 46.3 Å². The zero-order valence-corrected chi connectivity index (χ0v) is 11.8. The van der Waals surface area contributed by atoms with Crippen LogP contribution in [0.3, 0.4) is 0 Å². The summed E-state index contributed by atoms with van der Waals surface area (Å²) in [7, 11) is 0. The number of para-hydroxylation sites is 1. The first-order chi connectivity index (χ1) is 9.65. The van der Waals surface area contributed by atoms with Gasteiger partial charge in [-0.25, -0.2) is 4.39 Å². The quantitative estimate of drug-likeness (QED) is 0.722. The van der Waals surface area contributed by atoms with E-state index in [0.29, 0.717) is 27.1 Å². The summed E-state index contributed by atoms with van der Waals surface area (Å²) in [5.74, 6) is 0.228. The van der Waals surface area contributed by atoms with Gasteiger partial charge in [0, 0.05) is 15.7 Å². The van der Waals surface area contributed by atoms with Gasteiger partial charge in [0.2, 0.25) is 5.82 Å². The zero-order valence-electron chi connectivity index (χ0n) is 10.2. The molecule has 0 aliphatic rings. The van der Waals surface area contributed by atoms with E-state index >= 15 is 0 Å². The molecule has 2 aromatic carbocycles. The minimum absolute atomic E-state index is 0.231. The monoisotopic (exact) mass is 333 g/mol. The van der Waals surface area contributed by atoms with Crippen molar-refractivity contribution < 1.29 is 8.91 Å². The van der Waals surface area contributed by atoms with Crippen molar-refractivity contribution in [2.24, 2.45) is 0 Å². The average molecular weight is 334 g/mol. The van der Waals surface area contributed by atoms with Crippen molar-refractivity contribution in [3.05, 3.63) is 52.8 Å². The van der Waals surface area contributed by atoms with Gasteiger partial charge in [0.25, 0.3) is 5.89 Å². The van der Waals surface area contributed by atoms with E-state index in [1.54, 1.807) is 18.2 Å². The van der Waals surface area contributed by atoms with Crippen molar-refractivity contribution in [3.8, 4) is 22.8 Å². The molecule has 0 amide bonds. The van der Waals surface area contributed by atoms with Gasteiger partial charge in [-0.3, -0.25) is 0 Å². The molecule has 0 radical (unpaired) electrons. The fraction of sp³-hybridized carbons (Fsp3) is 0. The summed E-state index contributed by atoms with van der Waals surface area (Å²) in [6.45, 7) is 0. The third-order valence-electron chi connectivity index (χ3n) is 2.79. The third-order valence-corrected chi connectivity index (χ3v) is 3.48. The van der Waals surface area contributed by atoms with Crippen LogP contribution in [0.1, 0.15) is 0 Å². The van der Waals surface area contributed by atoms with Gasteiger partial charge >= 0.3 is 0 Å². The highest BCUT2D eigenvalue weighted by Crippen LogP contribution is 2.30. The Kier molecular flexibility index (Phi) is 3.23. The molecule has 1 aromatic heterocycles. The SMILES string of the molecule is Nc1ccccc1-c1noc(-c2cc(F)ccc2Br)n1. The summed E-state index contributed by atoms with van der Waals surface area (Å²) in [6.07, 6.45) is 0. The van der Waals surface area contributed by atoms with Crippen LogP contribution >= 0.6 is 15.9 Å². The predicted molar refractivity (Wildman–Crippen MR) is 77.2 cm³/mol. The van der Waals surface area contributed by atoms with Crippen LogP contribution in [0.4, 0.5) is 10.1 Å². The lowest BCUT2D eigenvalue weighted by molar-refractivity contribution is 0.432. The number of hydrogen-bond donors (Lipinski definition) is 1. The van der Waals surface area contributed by atoms with Gasteiger partial charge in [-0.2, -0.15) is 4.98 Å². The van der Waals surface area contributed by atoms with Crippen molar-refractivity contribution in [3.63, 3.8) is 0 Å². The van der Waals surface area contributed by atoms with Crippen LogP contribution in [0.25, 0.3) is 22.8 Å². The van der Waals surface area contributed by atoms with E-state index in [4.69, 9.17) is 10.3 Å². The van der Waals surface area contributed by atoms with Crippen LogP contribution in [0.15, 0.2) is 51.5 Å². The van der Waals surface area contributed by atoms with Crippen LogP contribution in [-0.4, -0.2) is 10.1 Å². The fourth-order valence-electron chi connectivity index (χ4n) is 1.80. The fourth-order valence-corrected chi connectivity index (χ4v) is 2.22. The van der Waals surface area contributed by atoms with E-state index in [-0.39, 0.29) is 11.7 Å². The molecule has 4 nitrogen and oxygen atoms in total. The maximum Gasteiger partial charge on any atom is 0.259 e. The Morgan fingerprint density at radius 3 is 2.70 bits per heavy atom. The zero-order chi connectivity index (χ0) is 14.1. The number of nitrogen functional groups attached to an aromatic ring is 1. The Morgan fingerprint density at radius 1 is 1.10 bits per heavy atom. The van der Waals surface area contributed by atoms with E-state index in [2.05, 4.69) is 26.1 Å². The van der Waals surface area contributed by atoms with Crippen LogP contribution in [0.5, 0.6) is 0 Å². The van der Waals surface area contributed by atoms with E-state index in [1.165, 1.54) is 12.1 Å². The first-order valence-electron chi connectivity index (χ1n) is 5.79. The summed E-state index contributed by atoms with van der Waals surface area (Å²) >= 11 is 3.33. The number of halogens is 2. The van der Waals surface area contributed by atoms with Gasteiger partial charge < -0.3 is 10.3 Å². The van der Waals surface area contributed by atoms with Gasteiger partial charge in [0.15, 0.2) is 0 Å². The Bertz CT molecular complexity index is 773. The highest BCUT2D eigenvalue weighted by molar-refractivity contribution is 9.10. The highest BCUT2D eigenvalue weighted by Gasteiger charge is 2.15. The first-order valence-corrected chi connectivity index (χ1v) is 6.58. The number of rotatable bonds is 2. The molecule has 1 heterocycles. The number of hydrogen-bond acceptors (Lipinski definition) is 4. The van der Waals surface area contributed by atoms with Gasteiger partial charge in [-0.1, -0.05) is 17.3 Å². The molecule has 0 unspecified atom stereocenters. The van der Waals surface area contributed by atoms with E-state index in [0.717, 1.165) is 0 Å². The van der Waals surface area contributed by atoms with E-state index in [9.17, 15) is 4.39 Å². The summed E-state index contributed by atoms with van der Waals surface area (Å²) < 4.78 is 19.2. The molecule has 0 aliphatic carbocycles. The predicted octanol–water partition coefficient (Wildman–Crippen LogP) is 3.89. The van der Waals surface area contributed by atoms with Gasteiger partial charge in [0.05, 0.1) is 5.56 Å². The van der Waals surface area contributed by atoms with E-state index in [1.807, 2.05) is 12.1 Å². The van der Waals surface area contributed by atoms with Crippen molar-refractivity contribution in [1.29, 1.82) is 0 Å².